The van der Waals surface area contributed by atoms with E-state index in [1.54, 1.807) is 0 Å². The van der Waals surface area contributed by atoms with E-state index in [0.29, 0.717) is 0 Å². The molecule has 0 unspecified atom stereocenters. The number of amides is 2. The number of aliphatic hydroxyl groups is 1. The van der Waals surface area contributed by atoms with Crippen LogP contribution in [0.25, 0.3) is 0 Å². The van der Waals surface area contributed by atoms with Crippen molar-refractivity contribution in [3.05, 3.63) is 0 Å². The number of carbonyl (C=O) groups excluding carboxylic acids is 2. The lowest BCUT2D eigenvalue weighted by Crippen LogP contribution is -2.45. The minimum Gasteiger partial charge on any atom is -0.395 e. The number of aliphatic hydroxyl groups excluding tert-OH is 1. The van der Waals surface area contributed by atoms with Gasteiger partial charge in [0.25, 0.3) is 0 Å². The van der Waals surface area contributed by atoms with Gasteiger partial charge < -0.3 is 21.1 Å². The summed E-state index contributed by atoms with van der Waals surface area (Å²) in [6, 6.07) is -0.000529. The molecule has 0 saturated carbocycles. The number of rotatable bonds is 6. The Morgan fingerprint density at radius 2 is 2.07 bits per heavy atom. The molecule has 0 bridgehead atoms. The van der Waals surface area contributed by atoms with Gasteiger partial charge in [-0.05, 0) is 13.8 Å². The van der Waals surface area contributed by atoms with Gasteiger partial charge in [0.05, 0.1) is 19.7 Å². The summed E-state index contributed by atoms with van der Waals surface area (Å²) in [5.74, 6) is -0.586. The standard InChI is InChI=1S/C9H19N3O3/c1-7(2)12(3-4-13)9(15)6-11-8(14)5-10/h7,13H,3-6,10H2,1-2H3,(H,11,14). The van der Waals surface area contributed by atoms with Gasteiger partial charge in [-0.15, -0.1) is 0 Å². The highest BCUT2D eigenvalue weighted by Gasteiger charge is 2.16. The molecule has 6 heteroatoms. The zero-order valence-corrected chi connectivity index (χ0v) is 9.19. The van der Waals surface area contributed by atoms with Crippen molar-refractivity contribution in [2.45, 2.75) is 19.9 Å². The monoisotopic (exact) mass is 217 g/mol. The molecule has 0 radical (unpaired) electrons. The summed E-state index contributed by atoms with van der Waals surface area (Å²) < 4.78 is 0. The third-order valence-electron chi connectivity index (χ3n) is 1.91. The van der Waals surface area contributed by atoms with E-state index < -0.39 is 0 Å². The van der Waals surface area contributed by atoms with E-state index in [4.69, 9.17) is 10.8 Å². The zero-order valence-electron chi connectivity index (χ0n) is 9.19. The minimum absolute atomic E-state index is 0.000529. The van der Waals surface area contributed by atoms with Crippen LogP contribution in [0.4, 0.5) is 0 Å². The van der Waals surface area contributed by atoms with Crippen LogP contribution >= 0.6 is 0 Å². The number of hydrogen-bond acceptors (Lipinski definition) is 4. The Bertz CT molecular complexity index is 219. The molecule has 0 aliphatic rings. The van der Waals surface area contributed by atoms with Crippen LogP contribution in [0.5, 0.6) is 0 Å². The number of nitrogens with zero attached hydrogens (tertiary/aromatic N) is 1. The average molecular weight is 217 g/mol. The lowest BCUT2D eigenvalue weighted by atomic mass is 10.3. The third kappa shape index (κ3) is 5.34. The van der Waals surface area contributed by atoms with Crippen molar-refractivity contribution in [1.29, 1.82) is 0 Å². The Labute approximate surface area is 89.4 Å². The van der Waals surface area contributed by atoms with E-state index in [1.165, 1.54) is 4.90 Å². The van der Waals surface area contributed by atoms with Crippen LogP contribution in [0.2, 0.25) is 0 Å². The molecule has 6 nitrogen and oxygen atoms in total. The maximum atomic E-state index is 11.6. The summed E-state index contributed by atoms with van der Waals surface area (Å²) >= 11 is 0. The first-order valence-corrected chi connectivity index (χ1v) is 4.90. The first kappa shape index (κ1) is 13.9. The van der Waals surface area contributed by atoms with Gasteiger partial charge in [-0.1, -0.05) is 0 Å². The van der Waals surface area contributed by atoms with Crippen molar-refractivity contribution in [3.63, 3.8) is 0 Å². The fraction of sp³-hybridized carbons (Fsp3) is 0.778. The second-order valence-corrected chi connectivity index (χ2v) is 3.39. The van der Waals surface area contributed by atoms with Gasteiger partial charge in [0.1, 0.15) is 0 Å². The molecule has 0 atom stereocenters. The molecule has 0 aromatic heterocycles. The number of nitrogens with one attached hydrogen (secondary N) is 1. The van der Waals surface area contributed by atoms with Crippen LogP contribution in [0.3, 0.4) is 0 Å². The van der Waals surface area contributed by atoms with Gasteiger partial charge >= 0.3 is 0 Å². The van der Waals surface area contributed by atoms with Gasteiger partial charge in [-0.3, -0.25) is 9.59 Å². The second-order valence-electron chi connectivity index (χ2n) is 3.39. The van der Waals surface area contributed by atoms with Gasteiger partial charge in [-0.25, -0.2) is 0 Å². The zero-order chi connectivity index (χ0) is 11.8. The summed E-state index contributed by atoms with van der Waals surface area (Å²) in [6.45, 7) is 3.67. The van der Waals surface area contributed by atoms with E-state index in [1.807, 2.05) is 13.8 Å². The van der Waals surface area contributed by atoms with Gasteiger partial charge in [0.2, 0.25) is 11.8 Å². The smallest absolute Gasteiger partial charge is 0.242 e. The highest BCUT2D eigenvalue weighted by Crippen LogP contribution is 1.97. The predicted molar refractivity (Wildman–Crippen MR) is 56.0 cm³/mol. The molecule has 0 heterocycles. The van der Waals surface area contributed by atoms with Crippen LogP contribution < -0.4 is 11.1 Å². The van der Waals surface area contributed by atoms with E-state index in [-0.39, 0.29) is 44.1 Å². The molecule has 0 aromatic carbocycles. The molecular weight excluding hydrogens is 198 g/mol. The fourth-order valence-corrected chi connectivity index (χ4v) is 1.13. The second kappa shape index (κ2) is 7.19. The first-order valence-electron chi connectivity index (χ1n) is 4.90. The largest absolute Gasteiger partial charge is 0.395 e. The summed E-state index contributed by atoms with van der Waals surface area (Å²) in [5, 5.41) is 11.1. The molecule has 0 fully saturated rings. The lowest BCUT2D eigenvalue weighted by Gasteiger charge is -2.25. The Morgan fingerprint density at radius 3 is 2.47 bits per heavy atom. The van der Waals surface area contributed by atoms with Crippen molar-refractivity contribution < 1.29 is 14.7 Å². The number of nitrogens with two attached hydrogens (primary N) is 1. The normalized spacial score (nSPS) is 10.2. The number of carbonyl (C=O) groups is 2. The molecule has 88 valence electrons. The van der Waals surface area contributed by atoms with Crippen molar-refractivity contribution in [2.75, 3.05) is 26.2 Å². The Balaban J connectivity index is 4.08. The molecule has 2 amide bonds. The summed E-state index contributed by atoms with van der Waals surface area (Å²) in [6.07, 6.45) is 0. The van der Waals surface area contributed by atoms with Crippen LogP contribution in [0.15, 0.2) is 0 Å². The molecule has 0 saturated heterocycles. The van der Waals surface area contributed by atoms with Gasteiger partial charge in [-0.2, -0.15) is 0 Å². The van der Waals surface area contributed by atoms with Crippen molar-refractivity contribution in [1.82, 2.24) is 10.2 Å². The maximum Gasteiger partial charge on any atom is 0.242 e. The summed E-state index contributed by atoms with van der Waals surface area (Å²) in [5.41, 5.74) is 5.08. The Hall–Kier alpha value is -1.14. The Kier molecular flexibility index (Phi) is 6.64. The van der Waals surface area contributed by atoms with E-state index in [9.17, 15) is 9.59 Å². The van der Waals surface area contributed by atoms with Gasteiger partial charge in [0.15, 0.2) is 0 Å². The summed E-state index contributed by atoms with van der Waals surface area (Å²) in [7, 11) is 0. The van der Waals surface area contributed by atoms with Crippen molar-refractivity contribution >= 4 is 11.8 Å². The third-order valence-corrected chi connectivity index (χ3v) is 1.91. The number of hydrogen-bond donors (Lipinski definition) is 3. The van der Waals surface area contributed by atoms with E-state index >= 15 is 0 Å². The minimum atomic E-state index is -0.365. The molecule has 0 spiro atoms. The molecule has 0 aromatic rings. The fourth-order valence-electron chi connectivity index (χ4n) is 1.13. The van der Waals surface area contributed by atoms with E-state index in [0.717, 1.165) is 0 Å². The summed E-state index contributed by atoms with van der Waals surface area (Å²) in [4.78, 5) is 23.9. The van der Waals surface area contributed by atoms with Crippen LogP contribution in [-0.4, -0.2) is 54.1 Å². The Morgan fingerprint density at radius 1 is 1.47 bits per heavy atom. The van der Waals surface area contributed by atoms with E-state index in [2.05, 4.69) is 5.32 Å². The average Bonchev–Trinajstić information content (AvgIpc) is 2.21. The predicted octanol–water partition coefficient (Wildman–Crippen LogP) is -1.71. The van der Waals surface area contributed by atoms with Gasteiger partial charge in [0, 0.05) is 12.6 Å². The maximum absolute atomic E-state index is 11.6. The van der Waals surface area contributed by atoms with Crippen molar-refractivity contribution in [3.8, 4) is 0 Å². The molecule has 0 aliphatic carbocycles. The van der Waals surface area contributed by atoms with Crippen LogP contribution in [0, 0.1) is 0 Å². The van der Waals surface area contributed by atoms with Crippen molar-refractivity contribution in [2.24, 2.45) is 5.73 Å². The highest BCUT2D eigenvalue weighted by atomic mass is 16.3. The topological polar surface area (TPSA) is 95.7 Å². The quantitative estimate of drug-likeness (QED) is 0.493. The molecule has 0 rings (SSSR count). The first-order chi connectivity index (χ1) is 7.02. The SMILES string of the molecule is CC(C)N(CCO)C(=O)CNC(=O)CN. The molecule has 15 heavy (non-hydrogen) atoms. The van der Waals surface area contributed by atoms with Crippen LogP contribution in [0.1, 0.15) is 13.8 Å². The molecular formula is C9H19N3O3. The highest BCUT2D eigenvalue weighted by molar-refractivity contribution is 5.85. The molecule has 4 N–H and O–H groups in total. The lowest BCUT2D eigenvalue weighted by molar-refractivity contribution is -0.134. The molecule has 0 aliphatic heterocycles. The van der Waals surface area contributed by atoms with Crippen LogP contribution in [-0.2, 0) is 9.59 Å².